The smallest absolute Gasteiger partial charge is 0.387 e. The zero-order valence-corrected chi connectivity index (χ0v) is 14.0. The van der Waals surface area contributed by atoms with E-state index in [2.05, 4.69) is 10.1 Å². The van der Waals surface area contributed by atoms with Gasteiger partial charge in [-0.15, -0.1) is 0 Å². The quantitative estimate of drug-likeness (QED) is 0.750. The molecule has 0 bridgehead atoms. The molecule has 0 saturated carbocycles. The summed E-state index contributed by atoms with van der Waals surface area (Å²) in [5.74, 6) is -0.392. The Hall–Kier alpha value is -2.76. The first-order valence-electron chi connectivity index (χ1n) is 7.80. The van der Waals surface area contributed by atoms with Gasteiger partial charge in [0.15, 0.2) is 5.78 Å². The number of carbonyl (C=O) groups excluding carboxylic acids is 2. The first-order valence-corrected chi connectivity index (χ1v) is 7.80. The molecule has 0 radical (unpaired) electrons. The van der Waals surface area contributed by atoms with Crippen molar-refractivity contribution in [2.24, 2.45) is 0 Å². The van der Waals surface area contributed by atoms with Crippen LogP contribution in [0.5, 0.6) is 5.75 Å². The number of aryl methyl sites for hydroxylation is 2. The van der Waals surface area contributed by atoms with E-state index in [9.17, 15) is 18.4 Å². The summed E-state index contributed by atoms with van der Waals surface area (Å²) in [5.41, 5.74) is 2.95. The minimum absolute atomic E-state index is 0.0121. The number of halogens is 2. The first-order chi connectivity index (χ1) is 11.8. The lowest BCUT2D eigenvalue weighted by Gasteiger charge is -2.08. The predicted octanol–water partition coefficient (Wildman–Crippen LogP) is 4.51. The van der Waals surface area contributed by atoms with Crippen LogP contribution in [0.25, 0.3) is 0 Å². The fourth-order valence-corrected chi connectivity index (χ4v) is 2.34. The zero-order valence-electron chi connectivity index (χ0n) is 14.0. The molecule has 0 spiro atoms. The molecule has 2 aromatic rings. The van der Waals surface area contributed by atoms with Gasteiger partial charge in [-0.1, -0.05) is 17.7 Å². The van der Waals surface area contributed by atoms with Crippen LogP contribution in [0, 0.1) is 13.8 Å². The summed E-state index contributed by atoms with van der Waals surface area (Å²) in [4.78, 5) is 24.2. The van der Waals surface area contributed by atoms with Crippen LogP contribution in [0.2, 0.25) is 0 Å². The number of alkyl halides is 2. The van der Waals surface area contributed by atoms with Crippen molar-refractivity contribution in [3.63, 3.8) is 0 Å². The van der Waals surface area contributed by atoms with E-state index in [1.807, 2.05) is 32.0 Å². The van der Waals surface area contributed by atoms with Crippen molar-refractivity contribution in [1.82, 2.24) is 0 Å². The Balaban J connectivity index is 1.88. The molecular weight excluding hydrogens is 328 g/mol. The van der Waals surface area contributed by atoms with E-state index in [1.165, 1.54) is 24.3 Å². The monoisotopic (exact) mass is 347 g/mol. The third-order valence-corrected chi connectivity index (χ3v) is 3.64. The van der Waals surface area contributed by atoms with Gasteiger partial charge in [-0.2, -0.15) is 8.78 Å². The topological polar surface area (TPSA) is 55.4 Å². The number of rotatable bonds is 7. The van der Waals surface area contributed by atoms with Gasteiger partial charge in [0.05, 0.1) is 0 Å². The summed E-state index contributed by atoms with van der Waals surface area (Å²) >= 11 is 0. The lowest BCUT2D eigenvalue weighted by Crippen LogP contribution is -2.14. The van der Waals surface area contributed by atoms with Gasteiger partial charge in [-0.3, -0.25) is 9.59 Å². The molecule has 25 heavy (non-hydrogen) atoms. The zero-order chi connectivity index (χ0) is 18.4. The Morgan fingerprint density at radius 1 is 1.04 bits per heavy atom. The van der Waals surface area contributed by atoms with Crippen LogP contribution >= 0.6 is 0 Å². The summed E-state index contributed by atoms with van der Waals surface area (Å²) in [7, 11) is 0. The minimum atomic E-state index is -2.89. The number of ether oxygens (including phenoxy) is 1. The van der Waals surface area contributed by atoms with E-state index < -0.39 is 6.61 Å². The number of hydrogen-bond acceptors (Lipinski definition) is 3. The average Bonchev–Trinajstić information content (AvgIpc) is 2.56. The summed E-state index contributed by atoms with van der Waals surface area (Å²) in [6.07, 6.45) is 0.143. The molecule has 0 aliphatic carbocycles. The minimum Gasteiger partial charge on any atom is -0.435 e. The number of nitrogens with one attached hydrogen (secondary N) is 1. The number of Topliss-reactive ketones (excluding diaryl/α,β-unsaturated/α-hetero) is 1. The maximum absolute atomic E-state index is 12.3. The normalized spacial score (nSPS) is 10.6. The van der Waals surface area contributed by atoms with Crippen LogP contribution < -0.4 is 10.1 Å². The van der Waals surface area contributed by atoms with Crippen molar-refractivity contribution in [2.45, 2.75) is 33.3 Å². The van der Waals surface area contributed by atoms with Crippen LogP contribution in [0.15, 0.2) is 42.5 Å². The maximum Gasteiger partial charge on any atom is 0.387 e. The molecular formula is C19H19F2NO3. The summed E-state index contributed by atoms with van der Waals surface area (Å²) < 4.78 is 28.4. The van der Waals surface area contributed by atoms with Gasteiger partial charge >= 0.3 is 6.61 Å². The molecule has 1 N–H and O–H groups in total. The molecule has 0 aliphatic heterocycles. The Bertz CT molecular complexity index is 758. The second-order valence-electron chi connectivity index (χ2n) is 5.69. The fourth-order valence-electron chi connectivity index (χ4n) is 2.34. The summed E-state index contributed by atoms with van der Waals surface area (Å²) in [6, 6.07) is 11.2. The number of carbonyl (C=O) groups is 2. The fraction of sp³-hybridized carbons (Fsp3) is 0.263. The molecule has 0 fully saturated rings. The van der Waals surface area contributed by atoms with E-state index in [4.69, 9.17) is 0 Å². The van der Waals surface area contributed by atoms with Crippen molar-refractivity contribution in [2.75, 3.05) is 5.32 Å². The van der Waals surface area contributed by atoms with Crippen LogP contribution in [0.3, 0.4) is 0 Å². The first kappa shape index (κ1) is 18.6. The average molecular weight is 347 g/mol. The molecule has 0 aromatic heterocycles. The highest BCUT2D eigenvalue weighted by atomic mass is 19.3. The highest BCUT2D eigenvalue weighted by molar-refractivity contribution is 6.01. The van der Waals surface area contributed by atoms with E-state index in [0.717, 1.165) is 11.1 Å². The number of benzene rings is 2. The summed E-state index contributed by atoms with van der Waals surface area (Å²) in [6.45, 7) is 0.872. The van der Waals surface area contributed by atoms with Crippen LogP contribution in [-0.2, 0) is 4.79 Å². The van der Waals surface area contributed by atoms with Gasteiger partial charge in [0.25, 0.3) is 0 Å². The molecule has 1 amide bonds. The Morgan fingerprint density at radius 3 is 2.36 bits per heavy atom. The Morgan fingerprint density at radius 2 is 1.72 bits per heavy atom. The van der Waals surface area contributed by atoms with Crippen molar-refractivity contribution in [3.8, 4) is 5.75 Å². The van der Waals surface area contributed by atoms with E-state index in [-0.39, 0.29) is 30.3 Å². The third-order valence-electron chi connectivity index (χ3n) is 3.64. The van der Waals surface area contributed by atoms with Gasteiger partial charge in [0.1, 0.15) is 5.75 Å². The van der Waals surface area contributed by atoms with Crippen molar-refractivity contribution < 1.29 is 23.1 Å². The molecule has 0 unspecified atom stereocenters. The van der Waals surface area contributed by atoms with Crippen LogP contribution in [-0.4, -0.2) is 18.3 Å². The van der Waals surface area contributed by atoms with Gasteiger partial charge in [-0.05, 0) is 49.7 Å². The Labute approximate surface area is 144 Å². The van der Waals surface area contributed by atoms with Gasteiger partial charge in [-0.25, -0.2) is 0 Å². The maximum atomic E-state index is 12.3. The molecule has 4 nitrogen and oxygen atoms in total. The Kier molecular flexibility index (Phi) is 6.22. The molecule has 132 valence electrons. The molecule has 0 atom stereocenters. The largest absolute Gasteiger partial charge is 0.435 e. The third kappa shape index (κ3) is 5.67. The SMILES string of the molecule is Cc1ccc(C)c(C(=O)CCC(=O)Nc2ccc(OC(F)F)cc2)c1. The van der Waals surface area contributed by atoms with Crippen molar-refractivity contribution >= 4 is 17.4 Å². The molecule has 2 aromatic carbocycles. The summed E-state index contributed by atoms with van der Waals surface area (Å²) in [5, 5.41) is 2.62. The van der Waals surface area contributed by atoms with Gasteiger partial charge < -0.3 is 10.1 Å². The number of hydrogen-bond donors (Lipinski definition) is 1. The second kappa shape index (κ2) is 8.37. The lowest BCUT2D eigenvalue weighted by atomic mass is 9.99. The van der Waals surface area contributed by atoms with E-state index >= 15 is 0 Å². The lowest BCUT2D eigenvalue weighted by molar-refractivity contribution is -0.116. The predicted molar refractivity (Wildman–Crippen MR) is 91.2 cm³/mol. The second-order valence-corrected chi connectivity index (χ2v) is 5.69. The van der Waals surface area contributed by atoms with Gasteiger partial charge in [0.2, 0.25) is 5.91 Å². The highest BCUT2D eigenvalue weighted by Gasteiger charge is 2.12. The molecule has 0 saturated heterocycles. The highest BCUT2D eigenvalue weighted by Crippen LogP contribution is 2.18. The van der Waals surface area contributed by atoms with Crippen LogP contribution in [0.1, 0.15) is 34.3 Å². The van der Waals surface area contributed by atoms with E-state index in [1.54, 1.807) is 0 Å². The standard InChI is InChI=1S/C19H19F2NO3/c1-12-3-4-13(2)16(11-12)17(23)9-10-18(24)22-14-5-7-15(8-6-14)25-19(20)21/h3-8,11,19H,9-10H2,1-2H3,(H,22,24). The number of ketones is 1. The van der Waals surface area contributed by atoms with Gasteiger partial charge in [0, 0.05) is 24.1 Å². The molecule has 0 aliphatic rings. The number of anilines is 1. The van der Waals surface area contributed by atoms with Crippen molar-refractivity contribution in [3.05, 3.63) is 59.2 Å². The van der Waals surface area contributed by atoms with E-state index in [0.29, 0.717) is 11.3 Å². The molecule has 6 heteroatoms. The number of amides is 1. The molecule has 0 heterocycles. The molecule has 2 rings (SSSR count). The van der Waals surface area contributed by atoms with Crippen molar-refractivity contribution in [1.29, 1.82) is 0 Å². The van der Waals surface area contributed by atoms with Crippen LogP contribution in [0.4, 0.5) is 14.5 Å².